The summed E-state index contributed by atoms with van der Waals surface area (Å²) in [6.07, 6.45) is -0.173. The molecule has 3 rings (SSSR count). The lowest BCUT2D eigenvalue weighted by Crippen LogP contribution is -2.41. The highest BCUT2D eigenvalue weighted by Crippen LogP contribution is 2.43. The van der Waals surface area contributed by atoms with E-state index < -0.39 is 18.0 Å². The molecule has 0 saturated heterocycles. The summed E-state index contributed by atoms with van der Waals surface area (Å²) >= 11 is 0. The predicted octanol–water partition coefficient (Wildman–Crippen LogP) is 2.10. The summed E-state index contributed by atoms with van der Waals surface area (Å²) in [5.41, 5.74) is 1.75. The number of hydrogen-bond acceptors (Lipinski definition) is 6. The van der Waals surface area contributed by atoms with Crippen molar-refractivity contribution in [2.45, 2.75) is 24.9 Å². The minimum Gasteiger partial charge on any atom is -0.438 e. The van der Waals surface area contributed by atoms with Crippen LogP contribution >= 0.6 is 0 Å². The molecule has 1 aliphatic rings. The monoisotopic (exact) mass is 317 g/mol. The van der Waals surface area contributed by atoms with Crippen molar-refractivity contribution in [2.75, 3.05) is 14.2 Å². The van der Waals surface area contributed by atoms with Crippen molar-refractivity contribution in [3.05, 3.63) is 53.2 Å². The van der Waals surface area contributed by atoms with Gasteiger partial charge < -0.3 is 24.4 Å². The summed E-state index contributed by atoms with van der Waals surface area (Å²) in [6.45, 7) is 1.58. The second kappa shape index (κ2) is 5.90. The van der Waals surface area contributed by atoms with Crippen LogP contribution in [0, 0.1) is 0 Å². The van der Waals surface area contributed by atoms with Gasteiger partial charge in [-0.25, -0.2) is 4.98 Å². The number of rotatable bonds is 4. The van der Waals surface area contributed by atoms with Crippen LogP contribution in [0.3, 0.4) is 0 Å². The van der Waals surface area contributed by atoms with E-state index in [2.05, 4.69) is 4.98 Å². The standard InChI is InChI=1S/C17H19NO5/c1-10(19)17(21-2,22-3)11-6-7-14-13(9-11)15(20)12-5-4-8-18-16(12)23-14/h4-10,15,19-20H,1-3H3. The van der Waals surface area contributed by atoms with E-state index in [9.17, 15) is 10.2 Å². The molecule has 122 valence electrons. The molecule has 2 unspecified atom stereocenters. The molecular weight excluding hydrogens is 298 g/mol. The lowest BCUT2D eigenvalue weighted by molar-refractivity contribution is -0.264. The average Bonchev–Trinajstić information content (AvgIpc) is 2.57. The van der Waals surface area contributed by atoms with Gasteiger partial charge in [0.15, 0.2) is 0 Å². The Balaban J connectivity index is 2.09. The second-order valence-corrected chi connectivity index (χ2v) is 5.41. The number of aliphatic hydroxyl groups excluding tert-OH is 2. The Kier molecular flexibility index (Phi) is 4.08. The second-order valence-electron chi connectivity index (χ2n) is 5.41. The molecule has 2 heterocycles. The molecule has 6 nitrogen and oxygen atoms in total. The van der Waals surface area contributed by atoms with Crippen molar-refractivity contribution in [3.8, 4) is 11.6 Å². The molecule has 2 aromatic rings. The largest absolute Gasteiger partial charge is 0.438 e. The van der Waals surface area contributed by atoms with Crippen molar-refractivity contribution in [3.63, 3.8) is 0 Å². The van der Waals surface area contributed by atoms with Crippen LogP contribution < -0.4 is 4.74 Å². The molecule has 0 saturated carbocycles. The van der Waals surface area contributed by atoms with Crippen LogP contribution in [0.25, 0.3) is 0 Å². The fourth-order valence-electron chi connectivity index (χ4n) is 2.94. The molecule has 2 N–H and O–H groups in total. The Morgan fingerprint density at radius 2 is 1.96 bits per heavy atom. The molecule has 0 spiro atoms. The highest BCUT2D eigenvalue weighted by Gasteiger charge is 2.39. The summed E-state index contributed by atoms with van der Waals surface area (Å²) < 4.78 is 16.6. The van der Waals surface area contributed by atoms with E-state index in [1.54, 1.807) is 43.5 Å². The lowest BCUT2D eigenvalue weighted by Gasteiger charge is -2.35. The number of fused-ring (bicyclic) bond motifs is 2. The van der Waals surface area contributed by atoms with Crippen LogP contribution in [0.15, 0.2) is 36.5 Å². The fraction of sp³-hybridized carbons (Fsp3) is 0.353. The first-order valence-corrected chi connectivity index (χ1v) is 7.27. The summed E-state index contributed by atoms with van der Waals surface area (Å²) in [4.78, 5) is 4.13. The quantitative estimate of drug-likeness (QED) is 0.841. The minimum atomic E-state index is -1.32. The van der Waals surface area contributed by atoms with E-state index in [1.807, 2.05) is 0 Å². The smallest absolute Gasteiger partial charge is 0.225 e. The molecular formula is C17H19NO5. The normalized spacial score (nSPS) is 17.9. The van der Waals surface area contributed by atoms with E-state index in [-0.39, 0.29) is 0 Å². The number of methoxy groups -OCH3 is 2. The first-order chi connectivity index (χ1) is 11.0. The SMILES string of the molecule is COC(OC)(c1ccc2c(c1)C(O)c1cccnc1O2)C(C)O. The number of pyridine rings is 1. The first kappa shape index (κ1) is 15.9. The van der Waals surface area contributed by atoms with Gasteiger partial charge in [-0.05, 0) is 37.3 Å². The van der Waals surface area contributed by atoms with Gasteiger partial charge in [-0.15, -0.1) is 0 Å². The van der Waals surface area contributed by atoms with Gasteiger partial charge >= 0.3 is 0 Å². The fourth-order valence-corrected chi connectivity index (χ4v) is 2.94. The minimum absolute atomic E-state index is 0.389. The van der Waals surface area contributed by atoms with Crippen molar-refractivity contribution < 1.29 is 24.4 Å². The zero-order valence-electron chi connectivity index (χ0n) is 13.2. The summed E-state index contributed by atoms with van der Waals surface area (Å²) in [7, 11) is 2.92. The van der Waals surface area contributed by atoms with Gasteiger partial charge in [-0.2, -0.15) is 0 Å². The van der Waals surface area contributed by atoms with Crippen LogP contribution in [0.4, 0.5) is 0 Å². The zero-order chi connectivity index (χ0) is 16.6. The Bertz CT molecular complexity index is 712. The van der Waals surface area contributed by atoms with Gasteiger partial charge in [0.1, 0.15) is 18.0 Å². The molecule has 0 radical (unpaired) electrons. The topological polar surface area (TPSA) is 81.0 Å². The summed E-state index contributed by atoms with van der Waals surface area (Å²) in [5.74, 6) is -0.413. The van der Waals surface area contributed by atoms with Crippen LogP contribution in [0.5, 0.6) is 11.6 Å². The third-order valence-electron chi connectivity index (χ3n) is 4.17. The molecule has 1 aliphatic heterocycles. The van der Waals surface area contributed by atoms with E-state index >= 15 is 0 Å². The molecule has 0 fully saturated rings. The molecule has 0 aliphatic carbocycles. The maximum absolute atomic E-state index is 10.6. The molecule has 0 amide bonds. The van der Waals surface area contributed by atoms with Gasteiger partial charge in [0.05, 0.1) is 0 Å². The van der Waals surface area contributed by atoms with Crippen LogP contribution in [-0.2, 0) is 15.3 Å². The van der Waals surface area contributed by atoms with Crippen LogP contribution in [0.2, 0.25) is 0 Å². The van der Waals surface area contributed by atoms with Gasteiger partial charge in [0.25, 0.3) is 0 Å². The van der Waals surface area contributed by atoms with Crippen LogP contribution in [-0.4, -0.2) is 35.5 Å². The third kappa shape index (κ3) is 2.40. The Labute approximate surface area is 134 Å². The maximum atomic E-state index is 10.6. The zero-order valence-corrected chi connectivity index (χ0v) is 13.2. The van der Waals surface area contributed by atoms with E-state index in [0.717, 1.165) is 0 Å². The van der Waals surface area contributed by atoms with E-state index in [1.165, 1.54) is 14.2 Å². The molecule has 23 heavy (non-hydrogen) atoms. The molecule has 0 bridgehead atoms. The van der Waals surface area contributed by atoms with Gasteiger partial charge in [0.2, 0.25) is 11.7 Å². The van der Waals surface area contributed by atoms with Crippen LogP contribution in [0.1, 0.15) is 29.7 Å². The first-order valence-electron chi connectivity index (χ1n) is 7.27. The number of nitrogens with zero attached hydrogens (tertiary/aromatic N) is 1. The summed E-state index contributed by atoms with van der Waals surface area (Å²) in [5, 5.41) is 20.7. The maximum Gasteiger partial charge on any atom is 0.225 e. The molecule has 2 atom stereocenters. The number of ether oxygens (including phenoxy) is 3. The van der Waals surface area contributed by atoms with E-state index in [0.29, 0.717) is 28.3 Å². The number of aromatic nitrogens is 1. The van der Waals surface area contributed by atoms with Gasteiger partial charge in [-0.1, -0.05) is 0 Å². The summed E-state index contributed by atoms with van der Waals surface area (Å²) in [6, 6.07) is 8.66. The van der Waals surface area contributed by atoms with Gasteiger partial charge in [0, 0.05) is 37.1 Å². The number of benzene rings is 1. The predicted molar refractivity (Wildman–Crippen MR) is 82.2 cm³/mol. The Morgan fingerprint density at radius 3 is 2.61 bits per heavy atom. The van der Waals surface area contributed by atoms with Crippen molar-refractivity contribution in [2.24, 2.45) is 0 Å². The van der Waals surface area contributed by atoms with Crippen molar-refractivity contribution >= 4 is 0 Å². The molecule has 1 aromatic heterocycles. The molecule has 6 heteroatoms. The van der Waals surface area contributed by atoms with Gasteiger partial charge in [-0.3, -0.25) is 0 Å². The number of aliphatic hydroxyl groups is 2. The van der Waals surface area contributed by atoms with E-state index in [4.69, 9.17) is 14.2 Å². The average molecular weight is 317 g/mol. The highest BCUT2D eigenvalue weighted by atomic mass is 16.7. The Morgan fingerprint density at radius 1 is 1.22 bits per heavy atom. The third-order valence-corrected chi connectivity index (χ3v) is 4.17. The molecule has 1 aromatic carbocycles. The van der Waals surface area contributed by atoms with Crippen molar-refractivity contribution in [1.82, 2.24) is 4.98 Å². The number of hydrogen-bond donors (Lipinski definition) is 2. The van der Waals surface area contributed by atoms with Crippen molar-refractivity contribution in [1.29, 1.82) is 0 Å². The Hall–Kier alpha value is -1.99. The lowest BCUT2D eigenvalue weighted by atomic mass is 9.93. The highest BCUT2D eigenvalue weighted by molar-refractivity contribution is 5.51.